The molecule has 0 unspecified atom stereocenters. The SMILES string of the molecule is CC(C)NCCCN(C)CC(C)(C)O. The third-order valence-corrected chi connectivity index (χ3v) is 1.93. The molecule has 14 heavy (non-hydrogen) atoms. The van der Waals surface area contributed by atoms with Crippen LogP contribution in [0.1, 0.15) is 34.1 Å². The van der Waals surface area contributed by atoms with Gasteiger partial charge in [-0.15, -0.1) is 0 Å². The molecule has 0 atom stereocenters. The van der Waals surface area contributed by atoms with Gasteiger partial charge in [-0.1, -0.05) is 13.8 Å². The van der Waals surface area contributed by atoms with Gasteiger partial charge in [-0.05, 0) is 40.4 Å². The van der Waals surface area contributed by atoms with Crippen molar-refractivity contribution in [2.24, 2.45) is 0 Å². The Balaban J connectivity index is 3.40. The second kappa shape index (κ2) is 6.38. The fourth-order valence-corrected chi connectivity index (χ4v) is 1.48. The molecule has 0 fully saturated rings. The quantitative estimate of drug-likeness (QED) is 0.606. The molecule has 0 aliphatic heterocycles. The third kappa shape index (κ3) is 9.96. The molecular weight excluding hydrogens is 176 g/mol. The van der Waals surface area contributed by atoms with Gasteiger partial charge in [0.1, 0.15) is 0 Å². The van der Waals surface area contributed by atoms with E-state index in [1.54, 1.807) is 0 Å². The van der Waals surface area contributed by atoms with Crippen molar-refractivity contribution in [1.29, 1.82) is 0 Å². The van der Waals surface area contributed by atoms with Crippen LogP contribution in [-0.4, -0.2) is 48.3 Å². The van der Waals surface area contributed by atoms with Crippen LogP contribution in [0.4, 0.5) is 0 Å². The lowest BCUT2D eigenvalue weighted by Crippen LogP contribution is -2.37. The summed E-state index contributed by atoms with van der Waals surface area (Å²) in [6, 6.07) is 0.564. The highest BCUT2D eigenvalue weighted by Crippen LogP contribution is 2.02. The zero-order valence-electron chi connectivity index (χ0n) is 10.3. The lowest BCUT2D eigenvalue weighted by molar-refractivity contribution is 0.0443. The topological polar surface area (TPSA) is 35.5 Å². The largest absolute Gasteiger partial charge is 0.389 e. The molecule has 0 amide bonds. The molecule has 0 radical (unpaired) electrons. The fourth-order valence-electron chi connectivity index (χ4n) is 1.48. The fraction of sp³-hybridized carbons (Fsp3) is 1.00. The van der Waals surface area contributed by atoms with Gasteiger partial charge in [-0.25, -0.2) is 0 Å². The van der Waals surface area contributed by atoms with E-state index in [0.29, 0.717) is 6.04 Å². The number of rotatable bonds is 7. The van der Waals surface area contributed by atoms with E-state index in [1.807, 2.05) is 20.9 Å². The first kappa shape index (κ1) is 13.9. The van der Waals surface area contributed by atoms with Gasteiger partial charge in [0.05, 0.1) is 5.60 Å². The van der Waals surface area contributed by atoms with E-state index in [0.717, 1.165) is 26.1 Å². The van der Waals surface area contributed by atoms with Crippen LogP contribution in [0.15, 0.2) is 0 Å². The Morgan fingerprint density at radius 3 is 2.36 bits per heavy atom. The van der Waals surface area contributed by atoms with Crippen molar-refractivity contribution >= 4 is 0 Å². The van der Waals surface area contributed by atoms with E-state index in [9.17, 15) is 5.11 Å². The van der Waals surface area contributed by atoms with Crippen molar-refractivity contribution in [1.82, 2.24) is 10.2 Å². The highest BCUT2D eigenvalue weighted by molar-refractivity contribution is 4.69. The van der Waals surface area contributed by atoms with Crippen molar-refractivity contribution in [2.75, 3.05) is 26.7 Å². The smallest absolute Gasteiger partial charge is 0.0718 e. The molecule has 0 aliphatic carbocycles. The number of hydrogen-bond donors (Lipinski definition) is 2. The summed E-state index contributed by atoms with van der Waals surface area (Å²) in [4.78, 5) is 2.17. The van der Waals surface area contributed by atoms with Crippen LogP contribution >= 0.6 is 0 Å². The molecule has 0 aromatic rings. The number of hydrogen-bond acceptors (Lipinski definition) is 3. The van der Waals surface area contributed by atoms with Crippen molar-refractivity contribution < 1.29 is 5.11 Å². The number of likely N-dealkylation sites (N-methyl/N-ethyl adjacent to an activating group) is 1. The summed E-state index contributed by atoms with van der Waals surface area (Å²) in [5.41, 5.74) is -0.583. The maximum atomic E-state index is 9.58. The minimum Gasteiger partial charge on any atom is -0.389 e. The first-order chi connectivity index (χ1) is 6.31. The summed E-state index contributed by atoms with van der Waals surface area (Å²) in [6.45, 7) is 10.8. The molecule has 0 aromatic heterocycles. The molecule has 3 heteroatoms. The van der Waals surface area contributed by atoms with Gasteiger partial charge in [-0.2, -0.15) is 0 Å². The zero-order valence-corrected chi connectivity index (χ0v) is 10.3. The molecule has 86 valence electrons. The normalized spacial score (nSPS) is 12.9. The van der Waals surface area contributed by atoms with Gasteiger partial charge >= 0.3 is 0 Å². The van der Waals surface area contributed by atoms with Crippen LogP contribution in [0.3, 0.4) is 0 Å². The zero-order chi connectivity index (χ0) is 11.2. The molecular formula is C11H26N2O. The second-order valence-corrected chi connectivity index (χ2v) is 5.01. The van der Waals surface area contributed by atoms with E-state index in [2.05, 4.69) is 24.1 Å². The predicted molar refractivity (Wildman–Crippen MR) is 61.6 cm³/mol. The lowest BCUT2D eigenvalue weighted by Gasteiger charge is -2.25. The molecule has 0 bridgehead atoms. The van der Waals surface area contributed by atoms with E-state index in [-0.39, 0.29) is 0 Å². The average molecular weight is 202 g/mol. The number of nitrogens with zero attached hydrogens (tertiary/aromatic N) is 1. The molecule has 0 rings (SSSR count). The highest BCUT2D eigenvalue weighted by atomic mass is 16.3. The van der Waals surface area contributed by atoms with Crippen molar-refractivity contribution in [3.05, 3.63) is 0 Å². The molecule has 0 heterocycles. The Morgan fingerprint density at radius 2 is 1.93 bits per heavy atom. The standard InChI is InChI=1S/C11H26N2O/c1-10(2)12-7-6-8-13(5)9-11(3,4)14/h10,12,14H,6-9H2,1-5H3. The summed E-state index contributed by atoms with van der Waals surface area (Å²) in [5.74, 6) is 0. The maximum Gasteiger partial charge on any atom is 0.0718 e. The van der Waals surface area contributed by atoms with Crippen molar-refractivity contribution in [3.63, 3.8) is 0 Å². The van der Waals surface area contributed by atoms with Gasteiger partial charge in [0.25, 0.3) is 0 Å². The van der Waals surface area contributed by atoms with Crippen molar-refractivity contribution in [2.45, 2.75) is 45.8 Å². The van der Waals surface area contributed by atoms with Crippen LogP contribution in [0.25, 0.3) is 0 Å². The number of aliphatic hydroxyl groups is 1. The summed E-state index contributed by atoms with van der Waals surface area (Å²) in [7, 11) is 2.05. The van der Waals surface area contributed by atoms with Gasteiger partial charge < -0.3 is 15.3 Å². The van der Waals surface area contributed by atoms with E-state index in [4.69, 9.17) is 0 Å². The summed E-state index contributed by atoms with van der Waals surface area (Å²) in [6.07, 6.45) is 1.13. The van der Waals surface area contributed by atoms with E-state index < -0.39 is 5.60 Å². The molecule has 0 aliphatic rings. The first-order valence-electron chi connectivity index (χ1n) is 5.45. The van der Waals surface area contributed by atoms with E-state index >= 15 is 0 Å². The minimum absolute atomic E-state index is 0.564. The van der Waals surface area contributed by atoms with Gasteiger partial charge in [-0.3, -0.25) is 0 Å². The predicted octanol–water partition coefficient (Wildman–Crippen LogP) is 1.08. The average Bonchev–Trinajstić information content (AvgIpc) is 1.94. The van der Waals surface area contributed by atoms with Crippen LogP contribution in [-0.2, 0) is 0 Å². The Bertz CT molecular complexity index is 141. The van der Waals surface area contributed by atoms with Crippen LogP contribution < -0.4 is 5.32 Å². The van der Waals surface area contributed by atoms with Crippen LogP contribution in [0.2, 0.25) is 0 Å². The Morgan fingerprint density at radius 1 is 1.36 bits per heavy atom. The molecule has 0 saturated carbocycles. The third-order valence-electron chi connectivity index (χ3n) is 1.93. The Labute approximate surface area is 88.5 Å². The van der Waals surface area contributed by atoms with Gasteiger partial charge in [0.2, 0.25) is 0 Å². The lowest BCUT2D eigenvalue weighted by atomic mass is 10.1. The van der Waals surface area contributed by atoms with Crippen LogP contribution in [0, 0.1) is 0 Å². The summed E-state index contributed by atoms with van der Waals surface area (Å²) >= 11 is 0. The minimum atomic E-state index is -0.583. The highest BCUT2D eigenvalue weighted by Gasteiger charge is 2.14. The Hall–Kier alpha value is -0.120. The molecule has 0 spiro atoms. The first-order valence-corrected chi connectivity index (χ1v) is 5.45. The monoisotopic (exact) mass is 202 g/mol. The van der Waals surface area contributed by atoms with Crippen molar-refractivity contribution in [3.8, 4) is 0 Å². The van der Waals surface area contributed by atoms with Gasteiger partial charge in [0.15, 0.2) is 0 Å². The summed E-state index contributed by atoms with van der Waals surface area (Å²) in [5, 5.41) is 13.0. The molecule has 0 saturated heterocycles. The second-order valence-electron chi connectivity index (χ2n) is 5.01. The van der Waals surface area contributed by atoms with Crippen LogP contribution in [0.5, 0.6) is 0 Å². The summed E-state index contributed by atoms with van der Waals surface area (Å²) < 4.78 is 0. The number of nitrogens with one attached hydrogen (secondary N) is 1. The maximum absolute atomic E-state index is 9.58. The molecule has 0 aromatic carbocycles. The molecule has 3 nitrogen and oxygen atoms in total. The van der Waals surface area contributed by atoms with Gasteiger partial charge in [0, 0.05) is 12.6 Å². The van der Waals surface area contributed by atoms with E-state index in [1.165, 1.54) is 0 Å². The molecule has 2 N–H and O–H groups in total. The Kier molecular flexibility index (Phi) is 6.33.